The maximum atomic E-state index is 6.14. The van der Waals surface area contributed by atoms with E-state index < -0.39 is 0 Å². The first-order valence-electron chi connectivity index (χ1n) is 8.61. The second-order valence-corrected chi connectivity index (χ2v) is 7.39. The highest BCUT2D eigenvalue weighted by atomic mass is 35.5. The lowest BCUT2D eigenvalue weighted by Gasteiger charge is -2.18. The van der Waals surface area contributed by atoms with Crippen LogP contribution < -0.4 is 4.74 Å². The number of benzene rings is 2. The highest BCUT2D eigenvalue weighted by molar-refractivity contribution is 7.71. The third-order valence-electron chi connectivity index (χ3n) is 4.48. The Morgan fingerprint density at radius 2 is 1.96 bits per heavy atom. The number of rotatable bonds is 6. The Morgan fingerprint density at radius 1 is 1.22 bits per heavy atom. The summed E-state index contributed by atoms with van der Waals surface area (Å²) in [7, 11) is 5.63. The number of ether oxygens (including phenoxy) is 1. The number of nitrogens with zero attached hydrogens (tertiary/aromatic N) is 4. The fourth-order valence-electron chi connectivity index (χ4n) is 3.08. The number of aryl methyl sites for hydroxylation is 1. The van der Waals surface area contributed by atoms with Crippen LogP contribution in [0, 0.1) is 11.7 Å². The summed E-state index contributed by atoms with van der Waals surface area (Å²) in [4.78, 5) is 2.12. The van der Waals surface area contributed by atoms with Crippen molar-refractivity contribution in [3.05, 3.63) is 63.4 Å². The molecular weight excluding hydrogens is 380 g/mol. The Balaban J connectivity index is 1.84. The van der Waals surface area contributed by atoms with Gasteiger partial charge in [-0.2, -0.15) is 5.10 Å². The molecule has 0 N–H and O–H groups in total. The van der Waals surface area contributed by atoms with E-state index in [0.717, 1.165) is 22.7 Å². The van der Waals surface area contributed by atoms with Gasteiger partial charge in [-0.15, -0.1) is 0 Å². The number of halogens is 1. The topological polar surface area (TPSA) is 35.2 Å². The van der Waals surface area contributed by atoms with Crippen molar-refractivity contribution >= 4 is 23.8 Å². The number of hydrogen-bond acceptors (Lipinski definition) is 4. The molecule has 0 saturated heterocycles. The molecule has 142 valence electrons. The molecule has 1 aromatic heterocycles. The maximum Gasteiger partial charge on any atom is 0.199 e. The van der Waals surface area contributed by atoms with Crippen molar-refractivity contribution in [2.75, 3.05) is 14.2 Å². The molecule has 3 rings (SSSR count). The lowest BCUT2D eigenvalue weighted by molar-refractivity contribution is 0.240. The van der Waals surface area contributed by atoms with E-state index in [9.17, 15) is 0 Å². The van der Waals surface area contributed by atoms with Crippen LogP contribution >= 0.6 is 23.8 Å². The van der Waals surface area contributed by atoms with E-state index >= 15 is 0 Å². The summed E-state index contributed by atoms with van der Waals surface area (Å²) < 4.78 is 9.91. The molecule has 3 aromatic rings. The van der Waals surface area contributed by atoms with Crippen molar-refractivity contribution < 1.29 is 4.74 Å². The minimum absolute atomic E-state index is 0.564. The van der Waals surface area contributed by atoms with Crippen LogP contribution in [0.4, 0.5) is 0 Å². The predicted octanol–water partition coefficient (Wildman–Crippen LogP) is 4.68. The summed E-state index contributed by atoms with van der Waals surface area (Å²) in [6.45, 7) is 3.31. The second-order valence-electron chi connectivity index (χ2n) is 6.59. The third kappa shape index (κ3) is 4.24. The molecule has 0 radical (unpaired) electrons. The Bertz CT molecular complexity index is 1010. The van der Waals surface area contributed by atoms with Gasteiger partial charge in [0.1, 0.15) is 5.75 Å². The minimum atomic E-state index is 0.564. The molecule has 5 nitrogen and oxygen atoms in total. The van der Waals surface area contributed by atoms with Gasteiger partial charge in [0.2, 0.25) is 0 Å². The predicted molar refractivity (Wildman–Crippen MR) is 112 cm³/mol. The van der Waals surface area contributed by atoms with Gasteiger partial charge < -0.3 is 9.30 Å². The zero-order valence-electron chi connectivity index (χ0n) is 15.9. The molecule has 0 amide bonds. The first-order valence-corrected chi connectivity index (χ1v) is 9.40. The van der Waals surface area contributed by atoms with E-state index in [1.165, 1.54) is 5.56 Å². The fourth-order valence-corrected chi connectivity index (χ4v) is 3.46. The van der Waals surface area contributed by atoms with Gasteiger partial charge in [0.25, 0.3) is 0 Å². The van der Waals surface area contributed by atoms with Crippen LogP contribution in [0.25, 0.3) is 11.4 Å². The maximum absolute atomic E-state index is 6.14. The largest absolute Gasteiger partial charge is 0.496 e. The van der Waals surface area contributed by atoms with Gasteiger partial charge in [0.05, 0.1) is 13.8 Å². The summed E-state index contributed by atoms with van der Waals surface area (Å²) in [5, 5.41) is 5.45. The van der Waals surface area contributed by atoms with Crippen LogP contribution in [-0.2, 0) is 20.3 Å². The van der Waals surface area contributed by atoms with E-state index in [1.807, 2.05) is 53.7 Å². The van der Waals surface area contributed by atoms with E-state index in [4.69, 9.17) is 33.7 Å². The molecular formula is C20H23ClN4OS. The van der Waals surface area contributed by atoms with Gasteiger partial charge in [-0.1, -0.05) is 35.9 Å². The number of hydrogen-bond donors (Lipinski definition) is 0. The van der Waals surface area contributed by atoms with Gasteiger partial charge in [0, 0.05) is 29.7 Å². The van der Waals surface area contributed by atoms with Gasteiger partial charge in [-0.3, -0.25) is 4.90 Å². The lowest BCUT2D eigenvalue weighted by atomic mass is 10.1. The average Bonchev–Trinajstić information content (AvgIpc) is 2.90. The molecule has 0 bridgehead atoms. The highest BCUT2D eigenvalue weighted by Crippen LogP contribution is 2.24. The molecule has 0 unspecified atom stereocenters. The summed E-state index contributed by atoms with van der Waals surface area (Å²) in [6, 6.07) is 13.8. The third-order valence-corrected chi connectivity index (χ3v) is 5.20. The van der Waals surface area contributed by atoms with Crippen molar-refractivity contribution in [1.82, 2.24) is 19.2 Å². The number of aromatic nitrogens is 3. The molecule has 1 heterocycles. The van der Waals surface area contributed by atoms with Crippen LogP contribution in [0.3, 0.4) is 0 Å². The molecule has 0 spiro atoms. The summed E-state index contributed by atoms with van der Waals surface area (Å²) >= 11 is 11.7. The van der Waals surface area contributed by atoms with Crippen LogP contribution in [-0.4, -0.2) is 33.4 Å². The molecule has 0 aliphatic rings. The quantitative estimate of drug-likeness (QED) is 0.561. The SMILES string of the molecule is COc1ccc(Cl)cc1CN(C)Cn1nc(-c2ccccc2C)n(C)c1=S. The fraction of sp³-hybridized carbons (Fsp3) is 0.300. The monoisotopic (exact) mass is 402 g/mol. The lowest BCUT2D eigenvalue weighted by Crippen LogP contribution is -2.23. The molecule has 0 fully saturated rings. The van der Waals surface area contributed by atoms with E-state index in [-0.39, 0.29) is 0 Å². The van der Waals surface area contributed by atoms with Crippen molar-refractivity contribution in [2.24, 2.45) is 7.05 Å². The number of methoxy groups -OCH3 is 1. The van der Waals surface area contributed by atoms with Gasteiger partial charge in [-0.05, 0) is 50.0 Å². The van der Waals surface area contributed by atoms with E-state index in [2.05, 4.69) is 24.0 Å². The Morgan fingerprint density at radius 3 is 2.67 bits per heavy atom. The molecule has 2 aromatic carbocycles. The molecule has 27 heavy (non-hydrogen) atoms. The van der Waals surface area contributed by atoms with Crippen molar-refractivity contribution in [3.8, 4) is 17.1 Å². The molecule has 0 atom stereocenters. The molecule has 0 aliphatic heterocycles. The van der Waals surface area contributed by atoms with Crippen LogP contribution in [0.2, 0.25) is 5.02 Å². The van der Waals surface area contributed by atoms with E-state index in [0.29, 0.717) is 23.0 Å². The Labute approximate surface area is 169 Å². The van der Waals surface area contributed by atoms with Crippen molar-refractivity contribution in [3.63, 3.8) is 0 Å². The average molecular weight is 403 g/mol. The second kappa shape index (κ2) is 8.25. The van der Waals surface area contributed by atoms with E-state index in [1.54, 1.807) is 7.11 Å². The Hall–Kier alpha value is -2.15. The summed E-state index contributed by atoms with van der Waals surface area (Å²) in [5.41, 5.74) is 3.28. The van der Waals surface area contributed by atoms with Crippen molar-refractivity contribution in [1.29, 1.82) is 0 Å². The molecule has 0 aliphatic carbocycles. The van der Waals surface area contributed by atoms with Gasteiger partial charge in [0.15, 0.2) is 10.6 Å². The molecule has 7 heteroatoms. The van der Waals surface area contributed by atoms with Crippen molar-refractivity contribution in [2.45, 2.75) is 20.1 Å². The van der Waals surface area contributed by atoms with Crippen LogP contribution in [0.15, 0.2) is 42.5 Å². The minimum Gasteiger partial charge on any atom is -0.496 e. The first kappa shape index (κ1) is 19.6. The standard InChI is InChI=1S/C20H23ClN4OS/c1-14-7-5-6-8-17(14)19-22-25(20(27)24(19)3)13-23(2)12-15-11-16(21)9-10-18(15)26-4/h5-11H,12-13H2,1-4H3. The summed E-state index contributed by atoms with van der Waals surface area (Å²) in [6.07, 6.45) is 0. The zero-order valence-corrected chi connectivity index (χ0v) is 17.5. The summed E-state index contributed by atoms with van der Waals surface area (Å²) in [5.74, 6) is 1.68. The van der Waals surface area contributed by atoms with Crippen LogP contribution in [0.5, 0.6) is 5.75 Å². The normalized spacial score (nSPS) is 11.2. The Kier molecular flexibility index (Phi) is 5.99. The highest BCUT2D eigenvalue weighted by Gasteiger charge is 2.14. The van der Waals surface area contributed by atoms with Gasteiger partial charge in [-0.25, -0.2) is 4.68 Å². The molecule has 0 saturated carbocycles. The first-order chi connectivity index (χ1) is 12.9. The van der Waals surface area contributed by atoms with Gasteiger partial charge >= 0.3 is 0 Å². The smallest absolute Gasteiger partial charge is 0.199 e. The zero-order chi connectivity index (χ0) is 19.6. The van der Waals surface area contributed by atoms with Crippen LogP contribution in [0.1, 0.15) is 11.1 Å².